The van der Waals surface area contributed by atoms with Gasteiger partial charge in [0, 0.05) is 11.4 Å². The second-order valence-corrected chi connectivity index (χ2v) is 7.01. The minimum absolute atomic E-state index is 0.0632. The van der Waals surface area contributed by atoms with Crippen LogP contribution in [-0.2, 0) is 10.2 Å². The van der Waals surface area contributed by atoms with E-state index in [1.54, 1.807) is 24.3 Å². The standard InChI is InChI=1S/C20H17BFO6S/c1-29(22,24)28-19-13-9-17(10-14-19)26-20(15-5-3-2-4-6-15)25-16-7-11-18(12-8-16)27-21-23/h2-14,20,23H,1H2. The van der Waals surface area contributed by atoms with Gasteiger partial charge in [-0.05, 0) is 48.5 Å². The summed E-state index contributed by atoms with van der Waals surface area (Å²) in [5, 5.41) is 8.68. The third-order valence-electron chi connectivity index (χ3n) is 3.61. The average Bonchev–Trinajstić information content (AvgIpc) is 2.70. The van der Waals surface area contributed by atoms with E-state index in [4.69, 9.17) is 19.2 Å². The van der Waals surface area contributed by atoms with Gasteiger partial charge in [0.2, 0.25) is 0 Å². The summed E-state index contributed by atoms with van der Waals surface area (Å²) in [5.41, 5.74) is 0.765. The lowest BCUT2D eigenvalue weighted by atomic mass is 10.2. The molecule has 2 atom stereocenters. The van der Waals surface area contributed by atoms with Crippen LogP contribution in [0.25, 0.3) is 0 Å². The van der Waals surface area contributed by atoms with E-state index >= 15 is 0 Å². The van der Waals surface area contributed by atoms with Gasteiger partial charge in [0.25, 0.3) is 16.5 Å². The van der Waals surface area contributed by atoms with Crippen LogP contribution in [0.3, 0.4) is 0 Å². The van der Waals surface area contributed by atoms with E-state index in [-0.39, 0.29) is 5.75 Å². The molecule has 3 aromatic carbocycles. The van der Waals surface area contributed by atoms with Crippen molar-refractivity contribution in [2.75, 3.05) is 0 Å². The van der Waals surface area contributed by atoms with E-state index in [2.05, 4.69) is 10.1 Å². The van der Waals surface area contributed by atoms with Crippen LogP contribution < -0.4 is 18.3 Å². The molecule has 0 amide bonds. The SMILES string of the molecule is C=S(=O)(F)Oc1ccc(OC(Oc2ccc(O[B]O)cc2)c2ccccc2)cc1. The Kier molecular flexibility index (Phi) is 6.63. The summed E-state index contributed by atoms with van der Waals surface area (Å²) in [6.07, 6.45) is -0.780. The summed E-state index contributed by atoms with van der Waals surface area (Å²) in [4.78, 5) is 0. The third kappa shape index (κ3) is 6.44. The molecule has 2 unspecified atom stereocenters. The van der Waals surface area contributed by atoms with Crippen LogP contribution >= 0.6 is 0 Å². The molecular formula is C20H17BFO6S. The molecule has 149 valence electrons. The number of rotatable bonds is 9. The van der Waals surface area contributed by atoms with Gasteiger partial charge in [0.15, 0.2) is 0 Å². The molecule has 0 saturated carbocycles. The van der Waals surface area contributed by atoms with E-state index < -0.39 is 16.5 Å². The first-order valence-electron chi connectivity index (χ1n) is 8.40. The minimum atomic E-state index is -4.10. The first-order valence-corrected chi connectivity index (χ1v) is 9.95. The maximum Gasteiger partial charge on any atom is 0.569 e. The van der Waals surface area contributed by atoms with Gasteiger partial charge in [0.1, 0.15) is 23.0 Å². The Bertz CT molecular complexity index is 1010. The molecule has 0 spiro atoms. The molecule has 0 bridgehead atoms. The highest BCUT2D eigenvalue weighted by molar-refractivity contribution is 7.91. The van der Waals surface area contributed by atoms with E-state index in [1.807, 2.05) is 30.3 Å². The molecule has 9 heteroatoms. The van der Waals surface area contributed by atoms with Crippen molar-refractivity contribution in [2.24, 2.45) is 0 Å². The molecule has 6 nitrogen and oxygen atoms in total. The summed E-state index contributed by atoms with van der Waals surface area (Å²) < 4.78 is 45.4. The molecule has 0 aliphatic carbocycles. The molecule has 0 fully saturated rings. The van der Waals surface area contributed by atoms with Gasteiger partial charge in [-0.1, -0.05) is 30.3 Å². The highest BCUT2D eigenvalue weighted by atomic mass is 32.3. The zero-order chi connectivity index (χ0) is 20.7. The fraction of sp³-hybridized carbons (Fsp3) is 0.0500. The van der Waals surface area contributed by atoms with Crippen molar-refractivity contribution in [1.82, 2.24) is 0 Å². The largest absolute Gasteiger partial charge is 0.569 e. The van der Waals surface area contributed by atoms with Crippen molar-refractivity contribution < 1.29 is 31.4 Å². The van der Waals surface area contributed by atoms with E-state index in [0.29, 0.717) is 24.9 Å². The molecular weight excluding hydrogens is 398 g/mol. The Morgan fingerprint density at radius 3 is 1.79 bits per heavy atom. The van der Waals surface area contributed by atoms with Crippen LogP contribution in [0.1, 0.15) is 11.9 Å². The van der Waals surface area contributed by atoms with Gasteiger partial charge in [-0.15, -0.1) is 3.89 Å². The Balaban J connectivity index is 1.77. The zero-order valence-electron chi connectivity index (χ0n) is 15.1. The molecule has 3 rings (SSSR count). The number of hydrogen-bond acceptors (Lipinski definition) is 6. The maximum absolute atomic E-state index is 13.0. The van der Waals surface area contributed by atoms with Crippen LogP contribution in [0, 0.1) is 0 Å². The molecule has 29 heavy (non-hydrogen) atoms. The Hall–Kier alpha value is -3.17. The van der Waals surface area contributed by atoms with Crippen molar-refractivity contribution in [3.05, 3.63) is 84.4 Å². The molecule has 3 aromatic rings. The van der Waals surface area contributed by atoms with Crippen molar-refractivity contribution in [3.8, 4) is 23.0 Å². The van der Waals surface area contributed by atoms with Crippen LogP contribution in [0.2, 0.25) is 0 Å². The van der Waals surface area contributed by atoms with Crippen LogP contribution in [0.4, 0.5) is 3.89 Å². The second-order valence-electron chi connectivity index (χ2n) is 5.77. The third-order valence-corrected chi connectivity index (χ3v) is 4.06. The zero-order valence-corrected chi connectivity index (χ0v) is 16.0. The molecule has 1 N–H and O–H groups in total. The first-order chi connectivity index (χ1) is 13.9. The monoisotopic (exact) mass is 415 g/mol. The number of ether oxygens (including phenoxy) is 2. The lowest BCUT2D eigenvalue weighted by molar-refractivity contribution is 0.00376. The lowest BCUT2D eigenvalue weighted by Gasteiger charge is -2.21. The smallest absolute Gasteiger partial charge is 0.537 e. The lowest BCUT2D eigenvalue weighted by Crippen LogP contribution is -2.15. The quantitative estimate of drug-likeness (QED) is 0.249. The van der Waals surface area contributed by atoms with E-state index in [1.165, 1.54) is 24.3 Å². The summed E-state index contributed by atoms with van der Waals surface area (Å²) in [5.74, 6) is 4.25. The summed E-state index contributed by atoms with van der Waals surface area (Å²) in [6, 6.07) is 21.8. The molecule has 0 heterocycles. The van der Waals surface area contributed by atoms with E-state index in [0.717, 1.165) is 5.56 Å². The summed E-state index contributed by atoms with van der Waals surface area (Å²) in [7, 11) is -3.51. The first kappa shape index (κ1) is 20.6. The van der Waals surface area contributed by atoms with Gasteiger partial charge in [-0.3, -0.25) is 0 Å². The number of benzene rings is 3. The van der Waals surface area contributed by atoms with Gasteiger partial charge < -0.3 is 23.3 Å². The number of hydrogen-bond donors (Lipinski definition) is 1. The molecule has 0 saturated heterocycles. The summed E-state index contributed by atoms with van der Waals surface area (Å²) in [6.45, 7) is 0. The van der Waals surface area contributed by atoms with Crippen molar-refractivity contribution in [1.29, 1.82) is 0 Å². The van der Waals surface area contributed by atoms with Gasteiger partial charge in [0.05, 0.1) is 0 Å². The fourth-order valence-electron chi connectivity index (χ4n) is 2.39. The fourth-order valence-corrected chi connectivity index (χ4v) is 2.79. The highest BCUT2D eigenvalue weighted by Gasteiger charge is 2.16. The number of halogens is 1. The average molecular weight is 415 g/mol. The van der Waals surface area contributed by atoms with Crippen molar-refractivity contribution in [2.45, 2.75) is 6.29 Å². The molecule has 0 aliphatic heterocycles. The van der Waals surface area contributed by atoms with Gasteiger partial charge in [-0.25, -0.2) is 0 Å². The highest BCUT2D eigenvalue weighted by Crippen LogP contribution is 2.28. The van der Waals surface area contributed by atoms with Crippen LogP contribution in [0.5, 0.6) is 23.0 Å². The van der Waals surface area contributed by atoms with Crippen LogP contribution in [0.15, 0.2) is 78.9 Å². The Labute approximate surface area is 169 Å². The van der Waals surface area contributed by atoms with Gasteiger partial charge in [-0.2, -0.15) is 4.21 Å². The molecule has 0 aliphatic rings. The topological polar surface area (TPSA) is 74.2 Å². The second kappa shape index (κ2) is 9.36. The Morgan fingerprint density at radius 1 is 0.828 bits per heavy atom. The maximum atomic E-state index is 13.0. The van der Waals surface area contributed by atoms with Crippen molar-refractivity contribution in [3.63, 3.8) is 0 Å². The predicted octanol–water partition coefficient (Wildman–Crippen LogP) is 3.64. The van der Waals surface area contributed by atoms with Crippen LogP contribution in [-0.4, -0.2) is 22.8 Å². The van der Waals surface area contributed by atoms with E-state index in [9.17, 15) is 8.09 Å². The predicted molar refractivity (Wildman–Crippen MR) is 109 cm³/mol. The summed E-state index contributed by atoms with van der Waals surface area (Å²) >= 11 is 0. The minimum Gasteiger partial charge on any atom is -0.537 e. The molecule has 1 radical (unpaired) electrons. The Morgan fingerprint density at radius 2 is 1.31 bits per heavy atom. The van der Waals surface area contributed by atoms with Gasteiger partial charge >= 0.3 is 7.69 Å². The normalized spacial score (nSPS) is 13.6. The molecule has 0 aromatic heterocycles. The van der Waals surface area contributed by atoms with Crippen molar-refractivity contribution >= 4 is 23.7 Å².